The van der Waals surface area contributed by atoms with Gasteiger partial charge in [0.1, 0.15) is 23.7 Å². The highest BCUT2D eigenvalue weighted by atomic mass is 32.2. The van der Waals surface area contributed by atoms with Crippen LogP contribution >= 0.6 is 0 Å². The second-order valence-corrected chi connectivity index (χ2v) is 19.3. The second-order valence-electron chi connectivity index (χ2n) is 15.4. The van der Waals surface area contributed by atoms with Crippen molar-refractivity contribution in [1.29, 1.82) is 0 Å². The lowest BCUT2D eigenvalue weighted by Gasteiger charge is -2.35. The first-order chi connectivity index (χ1) is 25.0. The molecule has 0 aromatic heterocycles. The minimum Gasteiger partial charge on any atom is -0.446 e. The number of carbonyl (C=O) groups excluding carboxylic acids is 4. The molecular formula is C37H47N5O9S2. The first-order valence-corrected chi connectivity index (χ1v) is 20.9. The Morgan fingerprint density at radius 2 is 1.58 bits per heavy atom. The van der Waals surface area contributed by atoms with Gasteiger partial charge in [-0.05, 0) is 62.0 Å². The third-order valence-corrected chi connectivity index (χ3v) is 14.1. The minimum absolute atomic E-state index is 0.0414. The number of hydrogen-bond acceptors (Lipinski definition) is 9. The van der Waals surface area contributed by atoms with Gasteiger partial charge in [-0.2, -0.15) is 4.31 Å². The number of ether oxygens (including phenoxy) is 1. The smallest absolute Gasteiger partial charge is 0.408 e. The minimum atomic E-state index is -4.36. The second kappa shape index (κ2) is 14.5. The van der Waals surface area contributed by atoms with E-state index in [9.17, 15) is 36.0 Å². The summed E-state index contributed by atoms with van der Waals surface area (Å²) in [5.74, 6) is -3.14. The summed E-state index contributed by atoms with van der Waals surface area (Å²) in [6.07, 6.45) is 4.49. The maximum atomic E-state index is 14.6. The van der Waals surface area contributed by atoms with Crippen LogP contribution < -0.4 is 15.4 Å². The molecule has 4 atom stereocenters. The predicted octanol–water partition coefficient (Wildman–Crippen LogP) is 3.27. The van der Waals surface area contributed by atoms with E-state index in [1.807, 2.05) is 6.07 Å². The molecule has 0 unspecified atom stereocenters. The third kappa shape index (κ3) is 7.99. The van der Waals surface area contributed by atoms with Crippen molar-refractivity contribution in [3.8, 4) is 11.1 Å². The number of benzene rings is 2. The highest BCUT2D eigenvalue weighted by molar-refractivity contribution is 7.91. The number of amides is 4. The normalized spacial score (nSPS) is 24.2. The van der Waals surface area contributed by atoms with Gasteiger partial charge in [0.05, 0.1) is 16.8 Å². The number of nitrogens with zero attached hydrogens (tertiary/aromatic N) is 2. The SMILES string of the molecule is C=C[C@@H]1C[C@]1(NC(=O)[C@@H]1CN(S(=O)(=O)c2ccccc2-c2ccccc2)CN1C(=O)[C@@H](NC(=O)OC1CCCC1)C(C)(C)C)C(=O)NS(=O)(=O)C1CC1. The van der Waals surface area contributed by atoms with Gasteiger partial charge in [-0.1, -0.05) is 75.4 Å². The van der Waals surface area contributed by atoms with Crippen molar-refractivity contribution in [3.05, 3.63) is 67.3 Å². The summed E-state index contributed by atoms with van der Waals surface area (Å²) in [5.41, 5.74) is -1.53. The monoisotopic (exact) mass is 769 g/mol. The molecule has 6 rings (SSSR count). The molecule has 286 valence electrons. The Morgan fingerprint density at radius 3 is 2.19 bits per heavy atom. The fraction of sp³-hybridized carbons (Fsp3) is 0.514. The van der Waals surface area contributed by atoms with Crippen molar-refractivity contribution in [2.45, 2.75) is 99.6 Å². The number of alkyl carbamates (subject to hydrolysis) is 1. The van der Waals surface area contributed by atoms with Crippen LogP contribution in [0.25, 0.3) is 11.1 Å². The average molecular weight is 770 g/mol. The van der Waals surface area contributed by atoms with E-state index < -0.39 is 91.3 Å². The van der Waals surface area contributed by atoms with Gasteiger partial charge in [-0.25, -0.2) is 21.6 Å². The Kier molecular flexibility index (Phi) is 10.5. The summed E-state index contributed by atoms with van der Waals surface area (Å²) < 4.78 is 63.0. The molecule has 3 N–H and O–H groups in total. The zero-order valence-electron chi connectivity index (χ0n) is 30.1. The van der Waals surface area contributed by atoms with Crippen molar-refractivity contribution >= 4 is 43.9 Å². The molecule has 14 nitrogen and oxygen atoms in total. The first-order valence-electron chi connectivity index (χ1n) is 17.9. The third-order valence-electron chi connectivity index (χ3n) is 10.4. The van der Waals surface area contributed by atoms with Crippen molar-refractivity contribution in [1.82, 2.24) is 24.6 Å². The molecule has 4 fully saturated rings. The molecule has 0 radical (unpaired) electrons. The molecule has 4 amide bonds. The molecule has 3 aliphatic carbocycles. The van der Waals surface area contributed by atoms with E-state index in [1.165, 1.54) is 12.1 Å². The van der Waals surface area contributed by atoms with E-state index in [-0.39, 0.29) is 17.4 Å². The summed E-state index contributed by atoms with van der Waals surface area (Å²) in [4.78, 5) is 56.5. The lowest BCUT2D eigenvalue weighted by Crippen LogP contribution is -2.60. The number of sulfonamides is 2. The molecule has 2 aromatic carbocycles. The molecular weight excluding hydrogens is 723 g/mol. The summed E-state index contributed by atoms with van der Waals surface area (Å²) in [6.45, 7) is 7.87. The van der Waals surface area contributed by atoms with Crippen molar-refractivity contribution < 1.29 is 40.8 Å². The standard InChI is InChI=1S/C37H47N5O9S2/c1-5-25-21-37(25,34(45)40-52(47,48)27-19-20-27)39-32(43)29-22-41(53(49,50)30-18-12-11-17-28(30)24-13-7-6-8-14-24)23-42(29)33(44)31(36(2,3)4)38-35(46)51-26-15-9-10-16-26/h5-8,11-14,17-18,25-27,29,31H,1,9-10,15-16,19-23H2,2-4H3,(H,38,46)(H,39,43)(H,40,45)/t25-,29+,31-,37-/m1/s1. The van der Waals surface area contributed by atoms with Crippen molar-refractivity contribution in [3.63, 3.8) is 0 Å². The Balaban J connectivity index is 1.33. The largest absolute Gasteiger partial charge is 0.446 e. The average Bonchev–Trinajstić information content (AvgIpc) is 3.99. The van der Waals surface area contributed by atoms with Crippen LogP contribution in [0, 0.1) is 11.3 Å². The van der Waals surface area contributed by atoms with E-state index in [2.05, 4.69) is 21.9 Å². The molecule has 0 bridgehead atoms. The van der Waals surface area contributed by atoms with E-state index in [0.717, 1.165) is 22.0 Å². The number of carbonyl (C=O) groups is 4. The Labute approximate surface area is 310 Å². The van der Waals surface area contributed by atoms with Crippen molar-refractivity contribution in [2.75, 3.05) is 13.2 Å². The van der Waals surface area contributed by atoms with Gasteiger partial charge < -0.3 is 20.3 Å². The van der Waals surface area contributed by atoms with Crippen LogP contribution in [0.3, 0.4) is 0 Å². The lowest BCUT2D eigenvalue weighted by atomic mass is 9.85. The molecule has 2 aromatic rings. The van der Waals surface area contributed by atoms with E-state index in [1.54, 1.807) is 63.2 Å². The fourth-order valence-corrected chi connectivity index (χ4v) is 10.0. The zero-order valence-corrected chi connectivity index (χ0v) is 31.7. The molecule has 0 spiro atoms. The summed E-state index contributed by atoms with van der Waals surface area (Å²) in [7, 11) is -8.33. The van der Waals surface area contributed by atoms with Gasteiger partial charge >= 0.3 is 6.09 Å². The Hall–Kier alpha value is -4.28. The van der Waals surface area contributed by atoms with E-state index in [0.29, 0.717) is 36.8 Å². The summed E-state index contributed by atoms with van der Waals surface area (Å²) in [5, 5.41) is 4.66. The van der Waals surface area contributed by atoms with Gasteiger partial charge in [0.15, 0.2) is 0 Å². The van der Waals surface area contributed by atoms with Gasteiger partial charge in [0.2, 0.25) is 31.9 Å². The van der Waals surface area contributed by atoms with Crippen LogP contribution in [0.4, 0.5) is 4.79 Å². The van der Waals surface area contributed by atoms with Crippen LogP contribution in [0.15, 0.2) is 72.1 Å². The van der Waals surface area contributed by atoms with Crippen LogP contribution in [0.1, 0.15) is 65.7 Å². The maximum Gasteiger partial charge on any atom is 0.408 e. The van der Waals surface area contributed by atoms with Gasteiger partial charge in [-0.3, -0.25) is 19.1 Å². The summed E-state index contributed by atoms with van der Waals surface area (Å²) >= 11 is 0. The van der Waals surface area contributed by atoms with Gasteiger partial charge in [-0.15, -0.1) is 6.58 Å². The Morgan fingerprint density at radius 1 is 0.943 bits per heavy atom. The first kappa shape index (κ1) is 38.4. The van der Waals surface area contributed by atoms with Crippen LogP contribution in [-0.2, 0) is 39.2 Å². The highest BCUT2D eigenvalue weighted by Crippen LogP contribution is 2.45. The lowest BCUT2D eigenvalue weighted by molar-refractivity contribution is -0.142. The predicted molar refractivity (Wildman–Crippen MR) is 196 cm³/mol. The van der Waals surface area contributed by atoms with Crippen molar-refractivity contribution in [2.24, 2.45) is 11.3 Å². The maximum absolute atomic E-state index is 14.6. The highest BCUT2D eigenvalue weighted by Gasteiger charge is 2.62. The fourth-order valence-electron chi connectivity index (χ4n) is 7.07. The molecule has 4 aliphatic rings. The Bertz CT molecular complexity index is 1990. The number of rotatable bonds is 12. The van der Waals surface area contributed by atoms with E-state index in [4.69, 9.17) is 4.74 Å². The zero-order chi connectivity index (χ0) is 38.3. The van der Waals surface area contributed by atoms with E-state index >= 15 is 0 Å². The van der Waals surface area contributed by atoms with Crippen LogP contribution in [0.2, 0.25) is 0 Å². The molecule has 1 saturated heterocycles. The molecule has 1 heterocycles. The quantitative estimate of drug-likeness (QED) is 0.272. The summed E-state index contributed by atoms with van der Waals surface area (Å²) in [6, 6.07) is 12.6. The van der Waals surface area contributed by atoms with Gasteiger partial charge in [0, 0.05) is 18.0 Å². The molecule has 1 aliphatic heterocycles. The molecule has 3 saturated carbocycles. The van der Waals surface area contributed by atoms with Crippen LogP contribution in [-0.4, -0.2) is 92.0 Å². The molecule has 16 heteroatoms. The number of hydrogen-bond donors (Lipinski definition) is 3. The van der Waals surface area contributed by atoms with Gasteiger partial charge in [0.25, 0.3) is 5.91 Å². The van der Waals surface area contributed by atoms with Crippen LogP contribution in [0.5, 0.6) is 0 Å². The topological polar surface area (TPSA) is 188 Å². The number of nitrogens with one attached hydrogen (secondary N) is 3. The molecule has 53 heavy (non-hydrogen) atoms.